The predicted octanol–water partition coefficient (Wildman–Crippen LogP) is 9.66. The molecule has 5 aromatic rings. The van der Waals surface area contributed by atoms with Crippen molar-refractivity contribution < 1.29 is 33.7 Å². The third kappa shape index (κ3) is 7.37. The molecular weight excluding hydrogens is 692 g/mol. The molecule has 53 heavy (non-hydrogen) atoms. The van der Waals surface area contributed by atoms with Crippen LogP contribution >= 0.6 is 11.6 Å². The molecule has 0 amide bonds. The van der Waals surface area contributed by atoms with Gasteiger partial charge in [0.2, 0.25) is 5.60 Å². The Balaban J connectivity index is 0.000000417. The molecule has 10 heteroatoms. The fraction of sp³-hybridized carbons (Fsp3) is 0.372. The zero-order valence-corrected chi connectivity index (χ0v) is 32.2. The SMILES string of the molecule is CCOC(=O)[C@@]12Oc3c(cc(Cl)cc3Nc3nc4cc(C(C)(C)C)cc(C(C)(C)C)c4o3)C[C@@H]1Cc1ccccc1[C@@H]2O.Cc1ccc(C(=O)O)cc1. The molecular formula is C43H47ClN2O7. The number of carbonyl (C=O) groups excluding carboxylic acids is 1. The van der Waals surface area contributed by atoms with Crippen LogP contribution in [0.3, 0.4) is 0 Å². The minimum absolute atomic E-state index is 0.0714. The molecule has 1 aliphatic heterocycles. The van der Waals surface area contributed by atoms with Gasteiger partial charge in [-0.05, 0) is 90.1 Å². The van der Waals surface area contributed by atoms with Crippen LogP contribution in [-0.2, 0) is 33.2 Å². The first-order valence-corrected chi connectivity index (χ1v) is 18.3. The number of ether oxygens (including phenoxy) is 2. The van der Waals surface area contributed by atoms with Crippen molar-refractivity contribution in [3.63, 3.8) is 0 Å². The molecule has 1 aliphatic carbocycles. The van der Waals surface area contributed by atoms with Crippen LogP contribution in [0.2, 0.25) is 5.02 Å². The summed E-state index contributed by atoms with van der Waals surface area (Å²) in [4.78, 5) is 28.8. The van der Waals surface area contributed by atoms with Gasteiger partial charge in [0.05, 0.1) is 17.9 Å². The van der Waals surface area contributed by atoms with Gasteiger partial charge in [-0.1, -0.05) is 101 Å². The third-order valence-electron chi connectivity index (χ3n) is 10.00. The lowest BCUT2D eigenvalue weighted by Gasteiger charge is -2.48. The molecule has 7 rings (SSSR count). The fourth-order valence-corrected chi connectivity index (χ4v) is 7.36. The number of hydrogen-bond donors (Lipinski definition) is 3. The van der Waals surface area contributed by atoms with E-state index in [1.165, 1.54) is 5.56 Å². The third-order valence-corrected chi connectivity index (χ3v) is 10.2. The molecule has 278 valence electrons. The quantitative estimate of drug-likeness (QED) is 0.151. The lowest BCUT2D eigenvalue weighted by atomic mass is 9.67. The highest BCUT2D eigenvalue weighted by molar-refractivity contribution is 6.31. The number of nitrogens with zero attached hydrogens (tertiary/aromatic N) is 1. The molecule has 0 radical (unpaired) electrons. The molecule has 0 spiro atoms. The predicted molar refractivity (Wildman–Crippen MR) is 207 cm³/mol. The minimum atomic E-state index is -1.62. The highest BCUT2D eigenvalue weighted by Crippen LogP contribution is 2.53. The largest absolute Gasteiger partial charge is 0.478 e. The summed E-state index contributed by atoms with van der Waals surface area (Å²) in [5.74, 6) is -1.40. The molecule has 0 fully saturated rings. The highest BCUT2D eigenvalue weighted by Gasteiger charge is 2.60. The number of anilines is 2. The number of rotatable bonds is 5. The standard InChI is InChI=1S/C35H39ClN2O5.C8H8O2/c1-8-41-31(40)35-22(13-19-11-9-10-12-24(19)30(35)39)14-20-15-23(36)18-27(28(20)43-35)38-32-37-26-17-21(33(2,3)4)16-25(29(26)42-32)34(5,6)7;1-6-2-4-7(5-3-6)8(9)10/h9-12,15-18,22,30,39H,8,13-14H2,1-7H3,(H,37,38);2-5H,1H3,(H,9,10)/t22-,30-,35+;/m0./s1. The van der Waals surface area contributed by atoms with Crippen LogP contribution in [0.25, 0.3) is 11.1 Å². The normalized spacial score (nSPS) is 19.1. The van der Waals surface area contributed by atoms with Crippen molar-refractivity contribution in [3.8, 4) is 5.75 Å². The second-order valence-corrected chi connectivity index (χ2v) is 16.4. The summed E-state index contributed by atoms with van der Waals surface area (Å²) in [6.45, 7) is 16.9. The minimum Gasteiger partial charge on any atom is -0.478 e. The van der Waals surface area contributed by atoms with E-state index < -0.39 is 23.6 Å². The van der Waals surface area contributed by atoms with Crippen LogP contribution in [0.5, 0.6) is 5.75 Å². The number of aryl methyl sites for hydroxylation is 1. The number of esters is 1. The maximum atomic E-state index is 13.7. The molecule has 0 saturated heterocycles. The first-order valence-electron chi connectivity index (χ1n) is 17.9. The van der Waals surface area contributed by atoms with E-state index >= 15 is 0 Å². The van der Waals surface area contributed by atoms with Gasteiger partial charge < -0.3 is 29.4 Å². The Morgan fingerprint density at radius 1 is 0.962 bits per heavy atom. The zero-order valence-electron chi connectivity index (χ0n) is 31.5. The van der Waals surface area contributed by atoms with Gasteiger partial charge >= 0.3 is 11.9 Å². The van der Waals surface area contributed by atoms with Crippen LogP contribution in [0.4, 0.5) is 11.7 Å². The summed E-state index contributed by atoms with van der Waals surface area (Å²) in [7, 11) is 0. The number of nitrogens with one attached hydrogen (secondary N) is 1. The van der Waals surface area contributed by atoms with Crippen LogP contribution in [0.15, 0.2) is 77.2 Å². The maximum Gasteiger partial charge on any atom is 0.353 e. The van der Waals surface area contributed by atoms with E-state index in [2.05, 4.69) is 59.0 Å². The first-order chi connectivity index (χ1) is 24.9. The second-order valence-electron chi connectivity index (χ2n) is 16.0. The number of carboxylic acid groups (broad SMARTS) is 1. The van der Waals surface area contributed by atoms with Crippen LogP contribution in [0, 0.1) is 12.8 Å². The van der Waals surface area contributed by atoms with Gasteiger partial charge in [0.1, 0.15) is 17.4 Å². The summed E-state index contributed by atoms with van der Waals surface area (Å²) in [5, 5.41) is 24.0. The van der Waals surface area contributed by atoms with Crippen LogP contribution in [-0.4, -0.2) is 39.3 Å². The number of aromatic carboxylic acids is 1. The Morgan fingerprint density at radius 2 is 1.64 bits per heavy atom. The second kappa shape index (κ2) is 14.2. The van der Waals surface area contributed by atoms with E-state index in [-0.39, 0.29) is 29.4 Å². The number of oxazole rings is 1. The number of aromatic nitrogens is 1. The van der Waals surface area contributed by atoms with Crippen molar-refractivity contribution in [1.29, 1.82) is 0 Å². The Hall–Kier alpha value is -4.86. The molecule has 2 aliphatic rings. The molecule has 2 heterocycles. The van der Waals surface area contributed by atoms with Gasteiger partial charge in [0.25, 0.3) is 6.01 Å². The number of fused-ring (bicyclic) bond motifs is 4. The first kappa shape index (κ1) is 37.9. The van der Waals surface area contributed by atoms with Crippen molar-refractivity contribution in [1.82, 2.24) is 4.98 Å². The maximum absolute atomic E-state index is 13.7. The van der Waals surface area contributed by atoms with Gasteiger partial charge in [0.15, 0.2) is 5.58 Å². The molecule has 0 saturated carbocycles. The lowest BCUT2D eigenvalue weighted by Crippen LogP contribution is -2.61. The van der Waals surface area contributed by atoms with E-state index in [0.29, 0.717) is 46.0 Å². The number of aliphatic hydroxyl groups excluding tert-OH is 1. The van der Waals surface area contributed by atoms with Crippen molar-refractivity contribution in [2.24, 2.45) is 5.92 Å². The van der Waals surface area contributed by atoms with E-state index in [0.717, 1.165) is 27.8 Å². The molecule has 3 atom stereocenters. The summed E-state index contributed by atoms with van der Waals surface area (Å²) in [6.07, 6.45) is -0.198. The van der Waals surface area contributed by atoms with E-state index in [1.54, 1.807) is 37.3 Å². The van der Waals surface area contributed by atoms with Crippen molar-refractivity contribution >= 4 is 46.3 Å². The van der Waals surface area contributed by atoms with Gasteiger partial charge in [-0.15, -0.1) is 0 Å². The Labute approximate surface area is 315 Å². The summed E-state index contributed by atoms with van der Waals surface area (Å²) in [6, 6.07) is 22.5. The van der Waals surface area contributed by atoms with E-state index in [4.69, 9.17) is 35.6 Å². The fourth-order valence-electron chi connectivity index (χ4n) is 7.12. The highest BCUT2D eigenvalue weighted by atomic mass is 35.5. The topological polar surface area (TPSA) is 131 Å². The lowest BCUT2D eigenvalue weighted by molar-refractivity contribution is -0.187. The van der Waals surface area contributed by atoms with Gasteiger partial charge in [0, 0.05) is 16.5 Å². The number of halogens is 1. The van der Waals surface area contributed by atoms with Crippen LogP contribution in [0.1, 0.15) is 98.3 Å². The number of aliphatic hydroxyl groups is 1. The molecule has 1 aromatic heterocycles. The monoisotopic (exact) mass is 738 g/mol. The van der Waals surface area contributed by atoms with Gasteiger partial charge in [-0.2, -0.15) is 4.98 Å². The number of carboxylic acids is 1. The number of hydrogen-bond acceptors (Lipinski definition) is 8. The van der Waals surface area contributed by atoms with Gasteiger partial charge in [-0.25, -0.2) is 9.59 Å². The van der Waals surface area contributed by atoms with Crippen molar-refractivity contribution in [2.75, 3.05) is 11.9 Å². The molecule has 0 unspecified atom stereocenters. The van der Waals surface area contributed by atoms with Crippen molar-refractivity contribution in [3.05, 3.63) is 117 Å². The summed E-state index contributed by atoms with van der Waals surface area (Å²) < 4.78 is 18.6. The zero-order chi connectivity index (χ0) is 38.5. The molecule has 0 bridgehead atoms. The van der Waals surface area contributed by atoms with Gasteiger partial charge in [-0.3, -0.25) is 0 Å². The van der Waals surface area contributed by atoms with E-state index in [1.807, 2.05) is 37.3 Å². The van der Waals surface area contributed by atoms with Crippen molar-refractivity contribution in [2.45, 2.75) is 90.8 Å². The Kier molecular flexibility index (Phi) is 10.1. The van der Waals surface area contributed by atoms with Crippen LogP contribution < -0.4 is 10.1 Å². The number of carbonyl (C=O) groups is 2. The molecule has 9 nitrogen and oxygen atoms in total. The average molecular weight is 739 g/mol. The molecule has 3 N–H and O–H groups in total. The summed E-state index contributed by atoms with van der Waals surface area (Å²) in [5.41, 5.74) is 6.21. The van der Waals surface area contributed by atoms with E-state index in [9.17, 15) is 14.7 Å². The average Bonchev–Trinajstić information content (AvgIpc) is 3.49. The summed E-state index contributed by atoms with van der Waals surface area (Å²) >= 11 is 6.63. The Bertz CT molecular complexity index is 2180. The Morgan fingerprint density at radius 3 is 2.28 bits per heavy atom. The molecule has 4 aromatic carbocycles. The number of benzene rings is 4. The smallest absolute Gasteiger partial charge is 0.353 e.